The molecule has 0 unspecified atom stereocenters. The van der Waals surface area contributed by atoms with Crippen LogP contribution in [-0.4, -0.2) is 31.3 Å². The molecule has 17 heavy (non-hydrogen) atoms. The summed E-state index contributed by atoms with van der Waals surface area (Å²) < 4.78 is 9.15. The minimum absolute atomic E-state index is 0.0146. The van der Waals surface area contributed by atoms with Gasteiger partial charge in [0, 0.05) is 6.42 Å². The molecule has 0 saturated heterocycles. The molecule has 0 aromatic rings. The lowest BCUT2D eigenvalue weighted by Gasteiger charge is -2.24. The van der Waals surface area contributed by atoms with Gasteiger partial charge < -0.3 is 14.6 Å². The molecular formula is C12H16O5. The lowest BCUT2D eigenvalue weighted by molar-refractivity contribution is -0.168. The maximum Gasteiger partial charge on any atom is 0.324 e. The van der Waals surface area contributed by atoms with E-state index in [4.69, 9.17) is 11.5 Å². The summed E-state index contributed by atoms with van der Waals surface area (Å²) >= 11 is 0. The number of rotatable bonds is 5. The molecule has 0 rings (SSSR count). The van der Waals surface area contributed by atoms with Crippen LogP contribution in [0.1, 0.15) is 19.8 Å². The third-order valence-corrected chi connectivity index (χ3v) is 2.30. The monoisotopic (exact) mass is 240 g/mol. The molecule has 0 heterocycles. The van der Waals surface area contributed by atoms with Crippen molar-refractivity contribution in [1.82, 2.24) is 0 Å². The molecule has 5 nitrogen and oxygen atoms in total. The van der Waals surface area contributed by atoms with E-state index >= 15 is 0 Å². The Morgan fingerprint density at radius 1 is 1.35 bits per heavy atom. The van der Waals surface area contributed by atoms with E-state index in [-0.39, 0.29) is 18.6 Å². The van der Waals surface area contributed by atoms with Crippen LogP contribution in [0, 0.1) is 17.8 Å². The second-order valence-corrected chi connectivity index (χ2v) is 3.50. The highest BCUT2D eigenvalue weighted by molar-refractivity contribution is 6.00. The van der Waals surface area contributed by atoms with Gasteiger partial charge in [-0.2, -0.15) is 0 Å². The summed E-state index contributed by atoms with van der Waals surface area (Å²) in [6.45, 7) is 1.43. The fourth-order valence-electron chi connectivity index (χ4n) is 1.35. The van der Waals surface area contributed by atoms with Crippen LogP contribution >= 0.6 is 0 Å². The lowest BCUT2D eigenvalue weighted by atomic mass is 9.81. The Kier molecular flexibility index (Phi) is 5.83. The largest absolute Gasteiger partial charge is 0.513 e. The molecule has 0 bridgehead atoms. The zero-order chi connectivity index (χ0) is 13.5. The first-order chi connectivity index (χ1) is 7.94. The summed E-state index contributed by atoms with van der Waals surface area (Å²) in [4.78, 5) is 23.4. The zero-order valence-electron chi connectivity index (χ0n) is 10.1. The van der Waals surface area contributed by atoms with Gasteiger partial charge in [0.2, 0.25) is 0 Å². The molecule has 0 radical (unpaired) electrons. The van der Waals surface area contributed by atoms with Gasteiger partial charge in [-0.15, -0.1) is 12.3 Å². The van der Waals surface area contributed by atoms with Crippen LogP contribution in [0.25, 0.3) is 0 Å². The van der Waals surface area contributed by atoms with Crippen LogP contribution in [0.5, 0.6) is 0 Å². The van der Waals surface area contributed by atoms with Crippen LogP contribution < -0.4 is 0 Å². The van der Waals surface area contributed by atoms with Gasteiger partial charge in [0.15, 0.2) is 5.41 Å². The number of terminal acetylenes is 1. The van der Waals surface area contributed by atoms with Crippen molar-refractivity contribution in [2.24, 2.45) is 5.41 Å². The van der Waals surface area contributed by atoms with Crippen molar-refractivity contribution in [2.75, 3.05) is 14.2 Å². The smallest absolute Gasteiger partial charge is 0.324 e. The topological polar surface area (TPSA) is 72.8 Å². The Bertz CT molecular complexity index is 342. The van der Waals surface area contributed by atoms with E-state index in [0.29, 0.717) is 0 Å². The van der Waals surface area contributed by atoms with E-state index in [0.717, 1.165) is 14.2 Å². The predicted octanol–water partition coefficient (Wildman–Crippen LogP) is 1.19. The van der Waals surface area contributed by atoms with Crippen LogP contribution in [0.4, 0.5) is 0 Å². The summed E-state index contributed by atoms with van der Waals surface area (Å²) in [5, 5.41) is 9.10. The quantitative estimate of drug-likeness (QED) is 0.338. The second-order valence-electron chi connectivity index (χ2n) is 3.50. The SMILES string of the molecule is C#CCC(C/C=C(/C)O)(C(=O)OC)C(=O)OC. The number of methoxy groups -OCH3 is 2. The number of carbonyl (C=O) groups excluding carboxylic acids is 2. The molecule has 0 amide bonds. The lowest BCUT2D eigenvalue weighted by Crippen LogP contribution is -2.40. The van der Waals surface area contributed by atoms with Crippen molar-refractivity contribution in [3.05, 3.63) is 11.8 Å². The maximum atomic E-state index is 11.7. The minimum atomic E-state index is -1.59. The van der Waals surface area contributed by atoms with Crippen LogP contribution in [0.15, 0.2) is 11.8 Å². The average molecular weight is 240 g/mol. The van der Waals surface area contributed by atoms with Gasteiger partial charge in [0.05, 0.1) is 20.0 Å². The Morgan fingerprint density at radius 2 is 1.82 bits per heavy atom. The van der Waals surface area contributed by atoms with Crippen molar-refractivity contribution >= 4 is 11.9 Å². The average Bonchev–Trinajstić information content (AvgIpc) is 2.32. The van der Waals surface area contributed by atoms with Crippen molar-refractivity contribution < 1.29 is 24.2 Å². The summed E-state index contributed by atoms with van der Waals surface area (Å²) in [7, 11) is 2.32. The van der Waals surface area contributed by atoms with E-state index in [1.54, 1.807) is 0 Å². The molecule has 0 spiro atoms. The number of aliphatic hydroxyl groups excluding tert-OH is 1. The molecule has 0 aliphatic carbocycles. The van der Waals surface area contributed by atoms with E-state index in [1.165, 1.54) is 13.0 Å². The first-order valence-electron chi connectivity index (χ1n) is 4.90. The Labute approximate surface area is 100 Å². The van der Waals surface area contributed by atoms with Crippen molar-refractivity contribution in [3.8, 4) is 12.3 Å². The molecule has 0 atom stereocenters. The van der Waals surface area contributed by atoms with Gasteiger partial charge in [0.25, 0.3) is 0 Å². The highest BCUT2D eigenvalue weighted by Crippen LogP contribution is 2.30. The summed E-state index contributed by atoms with van der Waals surface area (Å²) in [5.41, 5.74) is -1.59. The number of hydrogen-bond acceptors (Lipinski definition) is 5. The van der Waals surface area contributed by atoms with Gasteiger partial charge in [-0.1, -0.05) is 0 Å². The fraction of sp³-hybridized carbons (Fsp3) is 0.500. The van der Waals surface area contributed by atoms with Crippen LogP contribution in [0.2, 0.25) is 0 Å². The Morgan fingerprint density at radius 3 is 2.12 bits per heavy atom. The van der Waals surface area contributed by atoms with Crippen molar-refractivity contribution in [3.63, 3.8) is 0 Å². The number of aliphatic hydroxyl groups is 1. The first-order valence-corrected chi connectivity index (χ1v) is 4.90. The second kappa shape index (κ2) is 6.59. The van der Waals surface area contributed by atoms with Crippen molar-refractivity contribution in [2.45, 2.75) is 19.8 Å². The van der Waals surface area contributed by atoms with E-state index < -0.39 is 17.4 Å². The maximum absolute atomic E-state index is 11.7. The molecule has 94 valence electrons. The van der Waals surface area contributed by atoms with Crippen molar-refractivity contribution in [1.29, 1.82) is 0 Å². The minimum Gasteiger partial charge on any atom is -0.513 e. The third-order valence-electron chi connectivity index (χ3n) is 2.30. The third kappa shape index (κ3) is 3.52. The number of allylic oxidation sites excluding steroid dienone is 2. The van der Waals surface area contributed by atoms with Gasteiger partial charge in [0.1, 0.15) is 0 Å². The Balaban J connectivity index is 5.40. The first kappa shape index (κ1) is 15.0. The molecule has 1 N–H and O–H groups in total. The molecule has 0 aromatic carbocycles. The number of esters is 2. The highest BCUT2D eigenvalue weighted by atomic mass is 16.5. The highest BCUT2D eigenvalue weighted by Gasteiger charge is 2.47. The molecular weight excluding hydrogens is 224 g/mol. The van der Waals surface area contributed by atoms with E-state index in [2.05, 4.69) is 15.4 Å². The number of hydrogen-bond donors (Lipinski definition) is 1. The van der Waals surface area contributed by atoms with Gasteiger partial charge >= 0.3 is 11.9 Å². The van der Waals surface area contributed by atoms with E-state index in [9.17, 15) is 9.59 Å². The molecule has 0 aromatic heterocycles. The molecule has 5 heteroatoms. The number of carbonyl (C=O) groups is 2. The standard InChI is InChI=1S/C12H16O5/c1-5-7-12(10(14)16-3,11(15)17-4)8-6-9(2)13/h1,6,13H,7-8H2,2-4H3/b9-6-. The number of ether oxygens (including phenoxy) is 2. The predicted molar refractivity (Wildman–Crippen MR) is 60.9 cm³/mol. The summed E-state index contributed by atoms with van der Waals surface area (Å²) in [6, 6.07) is 0. The fourth-order valence-corrected chi connectivity index (χ4v) is 1.35. The molecule has 0 aliphatic rings. The summed E-state index contributed by atoms with van der Waals surface area (Å²) in [5.74, 6) is 0.680. The molecule has 0 aliphatic heterocycles. The normalized spacial score (nSPS) is 11.5. The summed E-state index contributed by atoms with van der Waals surface area (Å²) in [6.07, 6.45) is 6.25. The van der Waals surface area contributed by atoms with Gasteiger partial charge in [-0.05, 0) is 19.4 Å². The Hall–Kier alpha value is -1.96. The van der Waals surface area contributed by atoms with Crippen LogP contribution in [0.3, 0.4) is 0 Å². The van der Waals surface area contributed by atoms with Gasteiger partial charge in [-0.3, -0.25) is 9.59 Å². The van der Waals surface area contributed by atoms with Crippen LogP contribution in [-0.2, 0) is 19.1 Å². The molecule has 0 fully saturated rings. The van der Waals surface area contributed by atoms with Gasteiger partial charge in [-0.25, -0.2) is 0 Å². The zero-order valence-corrected chi connectivity index (χ0v) is 10.1. The van der Waals surface area contributed by atoms with E-state index in [1.807, 2.05) is 0 Å². The molecule has 0 saturated carbocycles.